The van der Waals surface area contributed by atoms with Crippen molar-refractivity contribution in [2.24, 2.45) is 5.92 Å². The number of aliphatic hydroxyl groups excluding tert-OH is 1. The van der Waals surface area contributed by atoms with Crippen molar-refractivity contribution in [2.75, 3.05) is 6.61 Å². The number of nitrogens with one attached hydrogen (secondary N) is 1. The van der Waals surface area contributed by atoms with Crippen LogP contribution in [0.4, 0.5) is 0 Å². The van der Waals surface area contributed by atoms with Crippen molar-refractivity contribution in [3.05, 3.63) is 28.5 Å². The number of carbonyl (C=O) groups is 1. The Labute approximate surface area is 118 Å². The van der Waals surface area contributed by atoms with Crippen molar-refractivity contribution in [3.8, 4) is 0 Å². The molecule has 104 valence electrons. The van der Waals surface area contributed by atoms with E-state index in [0.29, 0.717) is 5.92 Å². The molecule has 0 bridgehead atoms. The van der Waals surface area contributed by atoms with Crippen LogP contribution in [0.15, 0.2) is 23.6 Å². The molecule has 0 saturated heterocycles. The molecule has 1 fully saturated rings. The van der Waals surface area contributed by atoms with Crippen molar-refractivity contribution in [1.29, 1.82) is 0 Å². The lowest BCUT2D eigenvalue weighted by molar-refractivity contribution is -0.119. The summed E-state index contributed by atoms with van der Waals surface area (Å²) in [5.74, 6) is 0.444. The normalized spacial score (nSPS) is 27.6. The van der Waals surface area contributed by atoms with Gasteiger partial charge in [0.2, 0.25) is 5.91 Å². The number of thiophene rings is 1. The van der Waals surface area contributed by atoms with Crippen LogP contribution in [0.5, 0.6) is 0 Å². The highest BCUT2D eigenvalue weighted by Gasteiger charge is 2.35. The van der Waals surface area contributed by atoms with Gasteiger partial charge in [0, 0.05) is 11.0 Å². The van der Waals surface area contributed by atoms with Crippen LogP contribution in [-0.4, -0.2) is 23.2 Å². The number of amides is 1. The summed E-state index contributed by atoms with van der Waals surface area (Å²) in [4.78, 5) is 13.0. The molecule has 2 N–H and O–H groups in total. The predicted molar refractivity (Wildman–Crippen MR) is 78.9 cm³/mol. The number of hydrogen-bond acceptors (Lipinski definition) is 3. The van der Waals surface area contributed by atoms with E-state index in [4.69, 9.17) is 0 Å². The van der Waals surface area contributed by atoms with Crippen molar-refractivity contribution in [3.63, 3.8) is 0 Å². The molecule has 1 saturated carbocycles. The molecule has 1 aromatic heterocycles. The molecule has 1 amide bonds. The Balaban J connectivity index is 1.96. The van der Waals surface area contributed by atoms with Crippen LogP contribution in [0.2, 0.25) is 0 Å². The van der Waals surface area contributed by atoms with Crippen LogP contribution in [-0.2, 0) is 4.79 Å². The van der Waals surface area contributed by atoms with Gasteiger partial charge in [-0.15, -0.1) is 11.3 Å². The lowest BCUT2D eigenvalue weighted by Gasteiger charge is -2.39. The van der Waals surface area contributed by atoms with E-state index < -0.39 is 5.54 Å². The zero-order chi connectivity index (χ0) is 13.7. The number of hydrogen-bond donors (Lipinski definition) is 2. The largest absolute Gasteiger partial charge is 0.394 e. The summed E-state index contributed by atoms with van der Waals surface area (Å²) in [6.45, 7) is 2.20. The SMILES string of the molecule is CC1CCCC(CO)(NC(=O)C=Cc2cccs2)C1. The van der Waals surface area contributed by atoms with Gasteiger partial charge in [0.1, 0.15) is 0 Å². The minimum absolute atomic E-state index is 0.0237. The first-order valence-electron chi connectivity index (χ1n) is 6.78. The molecule has 0 aliphatic heterocycles. The molecule has 0 spiro atoms. The number of rotatable bonds is 4. The highest BCUT2D eigenvalue weighted by atomic mass is 32.1. The molecule has 2 rings (SSSR count). The Hall–Kier alpha value is -1.13. The van der Waals surface area contributed by atoms with Crippen LogP contribution < -0.4 is 5.32 Å². The average molecular weight is 279 g/mol. The molecule has 2 unspecified atom stereocenters. The highest BCUT2D eigenvalue weighted by Crippen LogP contribution is 2.31. The van der Waals surface area contributed by atoms with Crippen LogP contribution in [0.25, 0.3) is 6.08 Å². The Morgan fingerprint density at radius 1 is 1.68 bits per heavy atom. The Morgan fingerprint density at radius 3 is 3.16 bits per heavy atom. The summed E-state index contributed by atoms with van der Waals surface area (Å²) >= 11 is 1.60. The van der Waals surface area contributed by atoms with Crippen molar-refractivity contribution in [2.45, 2.75) is 38.1 Å². The molecule has 1 aliphatic carbocycles. The third-order valence-corrected chi connectivity index (χ3v) is 4.56. The van der Waals surface area contributed by atoms with Gasteiger partial charge in [-0.2, -0.15) is 0 Å². The van der Waals surface area contributed by atoms with Crippen molar-refractivity contribution in [1.82, 2.24) is 5.32 Å². The molecule has 2 atom stereocenters. The quantitative estimate of drug-likeness (QED) is 0.833. The van der Waals surface area contributed by atoms with Gasteiger partial charge in [-0.05, 0) is 36.3 Å². The summed E-state index contributed by atoms with van der Waals surface area (Å²) in [7, 11) is 0. The monoisotopic (exact) mass is 279 g/mol. The topological polar surface area (TPSA) is 49.3 Å². The van der Waals surface area contributed by atoms with E-state index in [1.807, 2.05) is 23.6 Å². The van der Waals surface area contributed by atoms with Gasteiger partial charge in [-0.3, -0.25) is 4.79 Å². The highest BCUT2D eigenvalue weighted by molar-refractivity contribution is 7.10. The summed E-state index contributed by atoms with van der Waals surface area (Å²) in [5.41, 5.74) is -0.422. The molecule has 1 aromatic rings. The maximum absolute atomic E-state index is 12.0. The van der Waals surface area contributed by atoms with Gasteiger partial charge in [0.15, 0.2) is 0 Å². The first kappa shape index (κ1) is 14.3. The minimum Gasteiger partial charge on any atom is -0.394 e. The fourth-order valence-corrected chi connectivity index (χ4v) is 3.42. The van der Waals surface area contributed by atoms with E-state index in [9.17, 15) is 9.90 Å². The van der Waals surface area contributed by atoms with Gasteiger partial charge in [0.25, 0.3) is 0 Å². The average Bonchev–Trinajstić information content (AvgIpc) is 2.89. The smallest absolute Gasteiger partial charge is 0.244 e. The van der Waals surface area contributed by atoms with E-state index in [1.54, 1.807) is 17.4 Å². The van der Waals surface area contributed by atoms with Crippen LogP contribution in [0, 0.1) is 5.92 Å². The third kappa shape index (κ3) is 3.91. The zero-order valence-electron chi connectivity index (χ0n) is 11.3. The number of aliphatic hydroxyl groups is 1. The standard InChI is InChI=1S/C15H21NO2S/c1-12-4-2-8-15(10-12,11-17)16-14(18)7-6-13-5-3-9-19-13/h3,5-7,9,12,17H,2,4,8,10-11H2,1H3,(H,16,18). The molecule has 19 heavy (non-hydrogen) atoms. The maximum atomic E-state index is 12.0. The van der Waals surface area contributed by atoms with Gasteiger partial charge in [-0.25, -0.2) is 0 Å². The molecular formula is C15H21NO2S. The number of carbonyl (C=O) groups excluding carboxylic acids is 1. The zero-order valence-corrected chi connectivity index (χ0v) is 12.1. The van der Waals surface area contributed by atoms with Crippen LogP contribution in [0.1, 0.15) is 37.5 Å². The van der Waals surface area contributed by atoms with Crippen molar-refractivity contribution >= 4 is 23.3 Å². The Bertz CT molecular complexity index is 441. The minimum atomic E-state index is -0.422. The lowest BCUT2D eigenvalue weighted by atomic mass is 9.77. The van der Waals surface area contributed by atoms with Crippen LogP contribution >= 0.6 is 11.3 Å². The van der Waals surface area contributed by atoms with Crippen LogP contribution in [0.3, 0.4) is 0 Å². The molecule has 1 aliphatic rings. The Kier molecular flexibility index (Phi) is 4.77. The third-order valence-electron chi connectivity index (χ3n) is 3.72. The van der Waals surface area contributed by atoms with Gasteiger partial charge < -0.3 is 10.4 Å². The van der Waals surface area contributed by atoms with Crippen molar-refractivity contribution < 1.29 is 9.90 Å². The fourth-order valence-electron chi connectivity index (χ4n) is 2.80. The van der Waals surface area contributed by atoms with Gasteiger partial charge in [0.05, 0.1) is 12.1 Å². The fraction of sp³-hybridized carbons (Fsp3) is 0.533. The molecule has 3 nitrogen and oxygen atoms in total. The second kappa shape index (κ2) is 6.35. The second-order valence-electron chi connectivity index (χ2n) is 5.48. The molecule has 4 heteroatoms. The second-order valence-corrected chi connectivity index (χ2v) is 6.46. The predicted octanol–water partition coefficient (Wildman–Crippen LogP) is 2.82. The first-order valence-corrected chi connectivity index (χ1v) is 7.66. The van der Waals surface area contributed by atoms with E-state index in [2.05, 4.69) is 12.2 Å². The molecule has 0 aromatic carbocycles. The molecule has 1 heterocycles. The van der Waals surface area contributed by atoms with E-state index >= 15 is 0 Å². The lowest BCUT2D eigenvalue weighted by Crippen LogP contribution is -2.53. The maximum Gasteiger partial charge on any atom is 0.244 e. The summed E-state index contributed by atoms with van der Waals surface area (Å²) < 4.78 is 0. The first-order chi connectivity index (χ1) is 9.13. The van der Waals surface area contributed by atoms with E-state index in [-0.39, 0.29) is 12.5 Å². The molecule has 0 radical (unpaired) electrons. The summed E-state index contributed by atoms with van der Waals surface area (Å²) in [6, 6.07) is 3.93. The van der Waals surface area contributed by atoms with Gasteiger partial charge >= 0.3 is 0 Å². The van der Waals surface area contributed by atoms with E-state index in [0.717, 1.165) is 24.1 Å². The molecular weight excluding hydrogens is 258 g/mol. The van der Waals surface area contributed by atoms with Gasteiger partial charge in [-0.1, -0.05) is 25.8 Å². The van der Waals surface area contributed by atoms with E-state index in [1.165, 1.54) is 6.42 Å². The Morgan fingerprint density at radius 2 is 2.53 bits per heavy atom. The summed E-state index contributed by atoms with van der Waals surface area (Å²) in [6.07, 6.45) is 7.35. The summed E-state index contributed by atoms with van der Waals surface area (Å²) in [5, 5.41) is 14.6.